The first-order valence-electron chi connectivity index (χ1n) is 10.3. The third-order valence-electron chi connectivity index (χ3n) is 5.26. The molecule has 1 saturated heterocycles. The van der Waals surface area contributed by atoms with Crippen molar-refractivity contribution in [2.75, 3.05) is 40.5 Å². The average molecular weight is 508 g/mol. The van der Waals surface area contributed by atoms with Crippen LogP contribution in [0.25, 0.3) is 0 Å². The zero-order chi connectivity index (χ0) is 23.6. The Labute approximate surface area is 198 Å². The molecular weight excluding hydrogens is 482 g/mol. The fourth-order valence-electron chi connectivity index (χ4n) is 3.68. The van der Waals surface area contributed by atoms with Crippen LogP contribution in [0.2, 0.25) is 0 Å². The summed E-state index contributed by atoms with van der Waals surface area (Å²) in [5.74, 6) is 0. The van der Waals surface area contributed by atoms with E-state index in [2.05, 4.69) is 24.0 Å². The number of sulfonamides is 2. The van der Waals surface area contributed by atoms with Crippen molar-refractivity contribution in [2.24, 2.45) is 0 Å². The van der Waals surface area contributed by atoms with Gasteiger partial charge in [-0.3, -0.25) is 9.44 Å². The highest BCUT2D eigenvalue weighted by molar-refractivity contribution is 7.93. The number of nitrogens with one attached hydrogen (secondary N) is 3. The highest BCUT2D eigenvalue weighted by Crippen LogP contribution is 2.33. The van der Waals surface area contributed by atoms with Gasteiger partial charge in [-0.15, -0.1) is 0 Å². The molecule has 0 saturated carbocycles. The fraction of sp³-hybridized carbons (Fsp3) is 0.286. The predicted molar refractivity (Wildman–Crippen MR) is 131 cm³/mol. The number of aryl methyl sites for hydroxylation is 2. The van der Waals surface area contributed by atoms with Crippen LogP contribution in [0.4, 0.5) is 17.1 Å². The monoisotopic (exact) mass is 507 g/mol. The Hall–Kier alpha value is -2.67. The highest BCUT2D eigenvalue weighted by Gasteiger charge is 2.25. The van der Waals surface area contributed by atoms with E-state index in [0.717, 1.165) is 43.4 Å². The molecule has 4 rings (SSSR count). The molecule has 9 nitrogen and oxygen atoms in total. The van der Waals surface area contributed by atoms with Gasteiger partial charge in [0.05, 0.1) is 22.0 Å². The third-order valence-corrected chi connectivity index (χ3v) is 9.25. The molecular formula is C21H25N5O4S3. The molecule has 3 aromatic rings. The number of nitrogens with zero attached hydrogens (tertiary/aromatic N) is 2. The zero-order valence-corrected chi connectivity index (χ0v) is 20.6. The maximum Gasteiger partial charge on any atom is 0.264 e. The lowest BCUT2D eigenvalue weighted by Crippen LogP contribution is -2.43. The topological polar surface area (TPSA) is 120 Å². The molecule has 0 unspecified atom stereocenters. The molecule has 0 radical (unpaired) electrons. The van der Waals surface area contributed by atoms with Gasteiger partial charge in [-0.1, -0.05) is 18.2 Å². The van der Waals surface area contributed by atoms with E-state index in [1.165, 1.54) is 12.1 Å². The van der Waals surface area contributed by atoms with Crippen LogP contribution < -0.4 is 19.7 Å². The van der Waals surface area contributed by atoms with E-state index in [1.54, 1.807) is 50.2 Å². The second-order valence-corrected chi connectivity index (χ2v) is 11.9. The molecule has 176 valence electrons. The number of piperazine rings is 1. The minimum atomic E-state index is -3.97. The van der Waals surface area contributed by atoms with Crippen LogP contribution in [0, 0.1) is 13.8 Å². The summed E-state index contributed by atoms with van der Waals surface area (Å²) in [4.78, 5) is 2.87. The fourth-order valence-corrected chi connectivity index (χ4v) is 7.25. The summed E-state index contributed by atoms with van der Waals surface area (Å²) >= 11 is 1.11. The molecule has 1 fully saturated rings. The van der Waals surface area contributed by atoms with E-state index in [-0.39, 0.29) is 21.2 Å². The number of hydrogen-bond donors (Lipinski definition) is 3. The van der Waals surface area contributed by atoms with Crippen LogP contribution in [-0.2, 0) is 20.0 Å². The van der Waals surface area contributed by atoms with Crippen molar-refractivity contribution in [3.8, 4) is 0 Å². The van der Waals surface area contributed by atoms with E-state index in [4.69, 9.17) is 0 Å². The molecule has 2 aromatic carbocycles. The highest BCUT2D eigenvalue weighted by atomic mass is 32.2. The lowest BCUT2D eigenvalue weighted by atomic mass is 10.2. The number of aromatic nitrogens is 1. The summed E-state index contributed by atoms with van der Waals surface area (Å²) < 4.78 is 61.6. The van der Waals surface area contributed by atoms with Crippen LogP contribution in [0.3, 0.4) is 0 Å². The van der Waals surface area contributed by atoms with Crippen molar-refractivity contribution in [1.29, 1.82) is 0 Å². The summed E-state index contributed by atoms with van der Waals surface area (Å²) in [7, 11) is -7.91. The van der Waals surface area contributed by atoms with Crippen molar-refractivity contribution >= 4 is 48.6 Å². The second-order valence-electron chi connectivity index (χ2n) is 7.64. The Morgan fingerprint density at radius 3 is 2.21 bits per heavy atom. The molecule has 0 atom stereocenters. The summed E-state index contributed by atoms with van der Waals surface area (Å²) in [6.07, 6.45) is 0. The van der Waals surface area contributed by atoms with Gasteiger partial charge in [0.15, 0.2) is 0 Å². The van der Waals surface area contributed by atoms with Gasteiger partial charge >= 0.3 is 0 Å². The van der Waals surface area contributed by atoms with E-state index in [0.29, 0.717) is 10.6 Å². The first-order chi connectivity index (χ1) is 15.7. The smallest absolute Gasteiger partial charge is 0.264 e. The summed E-state index contributed by atoms with van der Waals surface area (Å²) in [6.45, 7) is 6.45. The molecule has 2 heterocycles. The van der Waals surface area contributed by atoms with Crippen LogP contribution in [0.15, 0.2) is 58.3 Å². The Morgan fingerprint density at radius 2 is 1.58 bits per heavy atom. The quantitative estimate of drug-likeness (QED) is 0.450. The van der Waals surface area contributed by atoms with Crippen LogP contribution in [0.1, 0.15) is 10.6 Å². The van der Waals surface area contributed by atoms with Gasteiger partial charge in [0.1, 0.15) is 4.90 Å². The van der Waals surface area contributed by atoms with Crippen molar-refractivity contribution in [1.82, 2.24) is 9.69 Å². The predicted octanol–water partition coefficient (Wildman–Crippen LogP) is 2.77. The SMILES string of the molecule is Cc1nsc(C)c1S(=O)(=O)Nc1ccc(N2CCNCC2)cc1NS(=O)(=O)c1ccccc1. The van der Waals surface area contributed by atoms with Crippen LogP contribution in [-0.4, -0.2) is 47.4 Å². The van der Waals surface area contributed by atoms with Gasteiger partial charge in [-0.25, -0.2) is 16.8 Å². The van der Waals surface area contributed by atoms with E-state index in [1.807, 2.05) is 0 Å². The molecule has 0 aliphatic carbocycles. The summed E-state index contributed by atoms with van der Waals surface area (Å²) in [5, 5.41) is 3.28. The number of benzene rings is 2. The van der Waals surface area contributed by atoms with Crippen molar-refractivity contribution in [3.63, 3.8) is 0 Å². The van der Waals surface area contributed by atoms with Crippen molar-refractivity contribution in [2.45, 2.75) is 23.6 Å². The molecule has 1 aliphatic rings. The number of hydrogen-bond acceptors (Lipinski definition) is 8. The van der Waals surface area contributed by atoms with E-state index in [9.17, 15) is 16.8 Å². The third kappa shape index (κ3) is 5.13. The Balaban J connectivity index is 1.74. The molecule has 3 N–H and O–H groups in total. The minimum Gasteiger partial charge on any atom is -0.369 e. The van der Waals surface area contributed by atoms with Gasteiger partial charge in [-0.2, -0.15) is 4.37 Å². The maximum absolute atomic E-state index is 13.1. The molecule has 1 aliphatic heterocycles. The molecule has 0 bridgehead atoms. The average Bonchev–Trinajstić information content (AvgIpc) is 3.14. The summed E-state index contributed by atoms with van der Waals surface area (Å²) in [6, 6.07) is 13.0. The first-order valence-corrected chi connectivity index (χ1v) is 14.0. The first kappa shape index (κ1) is 23.5. The largest absolute Gasteiger partial charge is 0.369 e. The van der Waals surface area contributed by atoms with Crippen LogP contribution in [0.5, 0.6) is 0 Å². The maximum atomic E-state index is 13.1. The van der Waals surface area contributed by atoms with Gasteiger partial charge in [0, 0.05) is 36.7 Å². The number of anilines is 3. The van der Waals surface area contributed by atoms with Crippen molar-refractivity contribution in [3.05, 3.63) is 59.1 Å². The van der Waals surface area contributed by atoms with E-state index >= 15 is 0 Å². The van der Waals surface area contributed by atoms with Crippen LogP contribution >= 0.6 is 11.5 Å². The van der Waals surface area contributed by atoms with Gasteiger partial charge in [0.25, 0.3) is 20.0 Å². The number of rotatable bonds is 7. The normalized spacial score (nSPS) is 14.8. The molecule has 33 heavy (non-hydrogen) atoms. The Kier molecular flexibility index (Phi) is 6.61. The molecule has 0 amide bonds. The van der Waals surface area contributed by atoms with E-state index < -0.39 is 20.0 Å². The van der Waals surface area contributed by atoms with Gasteiger partial charge in [-0.05, 0) is 55.7 Å². The van der Waals surface area contributed by atoms with Crippen molar-refractivity contribution < 1.29 is 16.8 Å². The summed E-state index contributed by atoms with van der Waals surface area (Å²) in [5.41, 5.74) is 1.49. The molecule has 12 heteroatoms. The van der Waals surface area contributed by atoms with Gasteiger partial charge in [0.2, 0.25) is 0 Å². The lowest BCUT2D eigenvalue weighted by molar-refractivity contribution is 0.589. The van der Waals surface area contributed by atoms with Gasteiger partial charge < -0.3 is 10.2 Å². The second kappa shape index (κ2) is 9.29. The molecule has 1 aromatic heterocycles. The Bertz CT molecular complexity index is 1330. The minimum absolute atomic E-state index is 0.0834. The molecule has 0 spiro atoms. The zero-order valence-electron chi connectivity index (χ0n) is 18.2. The lowest BCUT2D eigenvalue weighted by Gasteiger charge is -2.30. The standard InChI is InChI=1S/C21H25N5O4S3/c1-15-21(16(2)31-23-15)33(29,30)24-19-9-8-17(26-12-10-22-11-13-26)14-20(19)25-32(27,28)18-6-4-3-5-7-18/h3-9,14,22,24-25H,10-13H2,1-2H3. The Morgan fingerprint density at radius 1 is 0.909 bits per heavy atom.